The number of imidazole rings is 1. The van der Waals surface area contributed by atoms with E-state index in [4.69, 9.17) is 0 Å². The molecule has 0 unspecified atom stereocenters. The Morgan fingerprint density at radius 1 is 1.04 bits per heavy atom. The second-order valence-corrected chi connectivity index (χ2v) is 6.28. The lowest BCUT2D eigenvalue weighted by Gasteiger charge is -2.07. The molecule has 0 saturated carbocycles. The maximum Gasteiger partial charge on any atom is 0.244 e. The normalized spacial score (nSPS) is 10.8. The van der Waals surface area contributed by atoms with Gasteiger partial charge in [0.2, 0.25) is 5.91 Å². The van der Waals surface area contributed by atoms with E-state index in [1.165, 1.54) is 5.56 Å². The van der Waals surface area contributed by atoms with Gasteiger partial charge in [-0.15, -0.1) is 0 Å². The fourth-order valence-corrected chi connectivity index (χ4v) is 3.33. The average molecular weight is 333 g/mol. The first kappa shape index (κ1) is 14.7. The fraction of sp³-hybridized carbons (Fsp3) is 0.0526. The molecule has 0 radical (unpaired) electrons. The molecule has 0 atom stereocenters. The van der Waals surface area contributed by atoms with Crippen LogP contribution < -0.4 is 5.32 Å². The molecule has 0 saturated heterocycles. The lowest BCUT2D eigenvalue weighted by Crippen LogP contribution is -2.18. The van der Waals surface area contributed by atoms with Crippen molar-refractivity contribution < 1.29 is 4.79 Å². The summed E-state index contributed by atoms with van der Waals surface area (Å²) in [5.74, 6) is -0.0681. The summed E-state index contributed by atoms with van der Waals surface area (Å²) in [6.07, 6.45) is 1.70. The molecule has 0 aliphatic carbocycles. The maximum absolute atomic E-state index is 12.3. The summed E-state index contributed by atoms with van der Waals surface area (Å²) in [5, 5.41) is 7.10. The van der Waals surface area contributed by atoms with Gasteiger partial charge in [0.15, 0.2) is 0 Å². The minimum Gasteiger partial charge on any atom is -0.325 e. The summed E-state index contributed by atoms with van der Waals surface area (Å²) in [4.78, 5) is 16.6. The second-order valence-electron chi connectivity index (χ2n) is 5.50. The number of rotatable bonds is 4. The summed E-state index contributed by atoms with van der Waals surface area (Å²) < 4.78 is 1.85. The molecule has 4 nitrogen and oxygen atoms in total. The molecule has 1 N–H and O–H groups in total. The summed E-state index contributed by atoms with van der Waals surface area (Å²) in [7, 11) is 0. The zero-order chi connectivity index (χ0) is 16.4. The third kappa shape index (κ3) is 2.94. The molecule has 1 amide bonds. The first-order chi connectivity index (χ1) is 11.8. The van der Waals surface area contributed by atoms with Crippen molar-refractivity contribution in [2.75, 3.05) is 5.32 Å². The summed E-state index contributed by atoms with van der Waals surface area (Å²) in [5.41, 5.74) is 4.99. The van der Waals surface area contributed by atoms with E-state index in [1.807, 2.05) is 53.1 Å². The lowest BCUT2D eigenvalue weighted by atomic mass is 10.1. The third-order valence-corrected chi connectivity index (χ3v) is 4.55. The van der Waals surface area contributed by atoms with Crippen molar-refractivity contribution in [3.05, 3.63) is 71.7 Å². The van der Waals surface area contributed by atoms with Gasteiger partial charge in [-0.25, -0.2) is 4.98 Å². The van der Waals surface area contributed by atoms with Gasteiger partial charge in [-0.2, -0.15) is 11.3 Å². The van der Waals surface area contributed by atoms with Crippen molar-refractivity contribution in [2.24, 2.45) is 0 Å². The topological polar surface area (TPSA) is 46.9 Å². The van der Waals surface area contributed by atoms with Gasteiger partial charge in [-0.3, -0.25) is 4.79 Å². The van der Waals surface area contributed by atoms with Crippen LogP contribution in [0.15, 0.2) is 71.7 Å². The van der Waals surface area contributed by atoms with Crippen molar-refractivity contribution in [3.8, 4) is 11.1 Å². The number of nitrogens with zero attached hydrogens (tertiary/aromatic N) is 2. The number of carbonyl (C=O) groups excluding carboxylic acids is 1. The lowest BCUT2D eigenvalue weighted by molar-refractivity contribution is -0.116. The molecule has 0 spiro atoms. The van der Waals surface area contributed by atoms with Gasteiger partial charge in [-0.1, -0.05) is 24.3 Å². The van der Waals surface area contributed by atoms with Crippen molar-refractivity contribution in [1.29, 1.82) is 0 Å². The Kier molecular flexibility index (Phi) is 3.84. The SMILES string of the molecule is O=C(Cn1cnc2ccccc21)Nc1ccc(-c2ccsc2)cc1. The Morgan fingerprint density at radius 3 is 2.67 bits per heavy atom. The van der Waals surface area contributed by atoms with Crippen LogP contribution in [0, 0.1) is 0 Å². The number of anilines is 1. The second kappa shape index (κ2) is 6.29. The molecule has 2 aromatic carbocycles. The van der Waals surface area contributed by atoms with E-state index in [-0.39, 0.29) is 12.5 Å². The Labute approximate surface area is 143 Å². The Balaban J connectivity index is 1.46. The third-order valence-electron chi connectivity index (χ3n) is 3.86. The van der Waals surface area contributed by atoms with E-state index in [1.54, 1.807) is 17.7 Å². The molecule has 0 fully saturated rings. The quantitative estimate of drug-likeness (QED) is 0.601. The van der Waals surface area contributed by atoms with Gasteiger partial charge in [0, 0.05) is 5.69 Å². The Bertz CT molecular complexity index is 971. The summed E-state index contributed by atoms with van der Waals surface area (Å²) in [6, 6.07) is 17.8. The monoisotopic (exact) mass is 333 g/mol. The average Bonchev–Trinajstić information content (AvgIpc) is 3.26. The molecule has 2 heterocycles. The van der Waals surface area contributed by atoms with Crippen LogP contribution in [0.5, 0.6) is 0 Å². The van der Waals surface area contributed by atoms with E-state index in [0.717, 1.165) is 22.3 Å². The van der Waals surface area contributed by atoms with Crippen LogP contribution in [0.1, 0.15) is 0 Å². The predicted molar refractivity (Wildman–Crippen MR) is 98.1 cm³/mol. The highest BCUT2D eigenvalue weighted by molar-refractivity contribution is 7.08. The fourth-order valence-electron chi connectivity index (χ4n) is 2.67. The van der Waals surface area contributed by atoms with Crippen molar-refractivity contribution in [2.45, 2.75) is 6.54 Å². The Morgan fingerprint density at radius 2 is 1.88 bits per heavy atom. The highest BCUT2D eigenvalue weighted by atomic mass is 32.1. The van der Waals surface area contributed by atoms with Crippen molar-refractivity contribution in [3.63, 3.8) is 0 Å². The molecule has 5 heteroatoms. The zero-order valence-corrected chi connectivity index (χ0v) is 13.7. The van der Waals surface area contributed by atoms with Crippen LogP contribution in [-0.2, 0) is 11.3 Å². The number of benzene rings is 2. The standard InChI is InChI=1S/C19H15N3OS/c23-19(11-22-13-20-17-3-1-2-4-18(17)22)21-16-7-5-14(6-8-16)15-9-10-24-12-15/h1-10,12-13H,11H2,(H,21,23). The van der Waals surface area contributed by atoms with Crippen LogP contribution >= 0.6 is 11.3 Å². The Hall–Kier alpha value is -2.92. The van der Waals surface area contributed by atoms with Crippen LogP contribution in [0.4, 0.5) is 5.69 Å². The highest BCUT2D eigenvalue weighted by Gasteiger charge is 2.07. The number of fused-ring (bicyclic) bond motifs is 1. The van der Waals surface area contributed by atoms with Crippen molar-refractivity contribution in [1.82, 2.24) is 9.55 Å². The van der Waals surface area contributed by atoms with E-state index in [9.17, 15) is 4.79 Å². The number of hydrogen-bond donors (Lipinski definition) is 1. The molecule has 0 aliphatic heterocycles. The van der Waals surface area contributed by atoms with E-state index < -0.39 is 0 Å². The number of nitrogens with one attached hydrogen (secondary N) is 1. The van der Waals surface area contributed by atoms with Gasteiger partial charge < -0.3 is 9.88 Å². The minimum atomic E-state index is -0.0681. The highest BCUT2D eigenvalue weighted by Crippen LogP contribution is 2.23. The number of aromatic nitrogens is 2. The molecule has 4 rings (SSSR count). The van der Waals surface area contributed by atoms with Crippen LogP contribution in [0.3, 0.4) is 0 Å². The van der Waals surface area contributed by atoms with Gasteiger partial charge in [0.1, 0.15) is 6.54 Å². The number of thiophene rings is 1. The maximum atomic E-state index is 12.3. The van der Waals surface area contributed by atoms with Gasteiger partial charge in [-0.05, 0) is 52.2 Å². The number of carbonyl (C=O) groups is 1. The summed E-state index contributed by atoms with van der Waals surface area (Å²) in [6.45, 7) is 0.243. The molecule has 4 aromatic rings. The van der Waals surface area contributed by atoms with Crippen molar-refractivity contribution >= 4 is 34.0 Å². The first-order valence-electron chi connectivity index (χ1n) is 7.62. The zero-order valence-electron chi connectivity index (χ0n) is 12.8. The molecule has 0 bridgehead atoms. The predicted octanol–water partition coefficient (Wildman–Crippen LogP) is 4.40. The molecule has 2 aromatic heterocycles. The molecule has 118 valence electrons. The molecular formula is C19H15N3OS. The van der Waals surface area contributed by atoms with Crippen LogP contribution in [0.25, 0.3) is 22.2 Å². The van der Waals surface area contributed by atoms with Crippen LogP contribution in [-0.4, -0.2) is 15.5 Å². The van der Waals surface area contributed by atoms with Gasteiger partial charge >= 0.3 is 0 Å². The van der Waals surface area contributed by atoms with E-state index in [0.29, 0.717) is 0 Å². The number of para-hydroxylation sites is 2. The molecule has 0 aliphatic rings. The van der Waals surface area contributed by atoms with Crippen LogP contribution in [0.2, 0.25) is 0 Å². The van der Waals surface area contributed by atoms with E-state index in [2.05, 4.69) is 27.1 Å². The van der Waals surface area contributed by atoms with E-state index >= 15 is 0 Å². The largest absolute Gasteiger partial charge is 0.325 e. The molecular weight excluding hydrogens is 318 g/mol. The minimum absolute atomic E-state index is 0.0681. The summed E-state index contributed by atoms with van der Waals surface area (Å²) >= 11 is 1.67. The molecule has 24 heavy (non-hydrogen) atoms. The smallest absolute Gasteiger partial charge is 0.244 e. The van der Waals surface area contributed by atoms with Gasteiger partial charge in [0.05, 0.1) is 17.4 Å². The number of amides is 1. The van der Waals surface area contributed by atoms with Gasteiger partial charge in [0.25, 0.3) is 0 Å². The number of hydrogen-bond acceptors (Lipinski definition) is 3. The first-order valence-corrected chi connectivity index (χ1v) is 8.56.